The molecule has 0 fully saturated rings. The van der Waals surface area contributed by atoms with E-state index in [1.165, 1.54) is 0 Å². The number of carbonyl (C=O) groups excluding carboxylic acids is 1. The number of aryl methyl sites for hydroxylation is 1. The molecule has 0 bridgehead atoms. The summed E-state index contributed by atoms with van der Waals surface area (Å²) in [5, 5.41) is 10.2. The number of benzene rings is 1. The Labute approximate surface area is 130 Å². The van der Waals surface area contributed by atoms with E-state index in [9.17, 15) is 4.79 Å². The van der Waals surface area contributed by atoms with Crippen LogP contribution in [0.4, 0.5) is 0 Å². The summed E-state index contributed by atoms with van der Waals surface area (Å²) in [4.78, 5) is 11.8. The number of hydrogen-bond donors (Lipinski definition) is 2. The number of methoxy groups -OCH3 is 1. The van der Waals surface area contributed by atoms with Crippen molar-refractivity contribution in [1.82, 2.24) is 20.4 Å². The molecule has 0 aliphatic rings. The van der Waals surface area contributed by atoms with E-state index in [2.05, 4.69) is 15.7 Å². The maximum Gasteiger partial charge on any atom is 0.234 e. The summed E-state index contributed by atoms with van der Waals surface area (Å²) in [5.41, 5.74) is 2.15. The molecule has 2 rings (SSSR count). The Balaban J connectivity index is 1.63. The number of ether oxygens (including phenoxy) is 1. The Morgan fingerprint density at radius 2 is 2.27 bits per heavy atom. The summed E-state index contributed by atoms with van der Waals surface area (Å²) in [6.45, 7) is 4.24. The number of carbonyl (C=O) groups is 1. The van der Waals surface area contributed by atoms with Gasteiger partial charge in [0.15, 0.2) is 0 Å². The standard InChI is InChI=1S/C16H22N4O2/c1-13-9-19-20(12-13)7-6-17-11-16(21)18-10-14-4-3-5-15(8-14)22-2/h3-5,8-9,12,17H,6-7,10-11H2,1-2H3,(H,18,21). The molecule has 0 saturated carbocycles. The van der Waals surface area contributed by atoms with Crippen molar-refractivity contribution in [3.63, 3.8) is 0 Å². The van der Waals surface area contributed by atoms with Gasteiger partial charge in [-0.05, 0) is 30.2 Å². The number of nitrogens with one attached hydrogen (secondary N) is 2. The molecule has 2 aromatic rings. The Morgan fingerprint density at radius 3 is 3.00 bits per heavy atom. The van der Waals surface area contributed by atoms with Gasteiger partial charge in [-0.25, -0.2) is 0 Å². The van der Waals surface area contributed by atoms with Crippen molar-refractivity contribution in [2.24, 2.45) is 0 Å². The van der Waals surface area contributed by atoms with Gasteiger partial charge < -0.3 is 15.4 Å². The van der Waals surface area contributed by atoms with Crippen LogP contribution in [0.15, 0.2) is 36.7 Å². The minimum atomic E-state index is -0.0283. The van der Waals surface area contributed by atoms with E-state index in [0.29, 0.717) is 19.6 Å². The lowest BCUT2D eigenvalue weighted by Crippen LogP contribution is -2.34. The highest BCUT2D eigenvalue weighted by atomic mass is 16.5. The Hall–Kier alpha value is -2.34. The van der Waals surface area contributed by atoms with E-state index >= 15 is 0 Å². The second-order valence-electron chi connectivity index (χ2n) is 5.09. The summed E-state index contributed by atoms with van der Waals surface area (Å²) in [6, 6.07) is 7.65. The Bertz CT molecular complexity index is 610. The Morgan fingerprint density at radius 1 is 1.41 bits per heavy atom. The predicted octanol–water partition coefficient (Wildman–Crippen LogP) is 1.11. The topological polar surface area (TPSA) is 68.2 Å². The summed E-state index contributed by atoms with van der Waals surface area (Å²) in [7, 11) is 1.63. The first-order chi connectivity index (χ1) is 10.7. The van der Waals surface area contributed by atoms with E-state index in [0.717, 1.165) is 23.4 Å². The van der Waals surface area contributed by atoms with Crippen LogP contribution < -0.4 is 15.4 Å². The molecule has 2 N–H and O–H groups in total. The highest BCUT2D eigenvalue weighted by Crippen LogP contribution is 2.11. The van der Waals surface area contributed by atoms with E-state index in [1.807, 2.05) is 48.3 Å². The van der Waals surface area contributed by atoms with Crippen LogP contribution in [0.5, 0.6) is 5.75 Å². The van der Waals surface area contributed by atoms with Gasteiger partial charge in [-0.1, -0.05) is 12.1 Å². The molecule has 22 heavy (non-hydrogen) atoms. The van der Waals surface area contributed by atoms with Crippen LogP contribution in [0.2, 0.25) is 0 Å². The highest BCUT2D eigenvalue weighted by molar-refractivity contribution is 5.77. The third-order valence-electron chi connectivity index (χ3n) is 3.19. The molecule has 0 radical (unpaired) electrons. The fourth-order valence-electron chi connectivity index (χ4n) is 2.03. The number of rotatable bonds is 8. The third-order valence-corrected chi connectivity index (χ3v) is 3.19. The monoisotopic (exact) mass is 302 g/mol. The summed E-state index contributed by atoms with van der Waals surface area (Å²) >= 11 is 0. The van der Waals surface area contributed by atoms with Crippen molar-refractivity contribution in [1.29, 1.82) is 0 Å². The lowest BCUT2D eigenvalue weighted by molar-refractivity contribution is -0.120. The lowest BCUT2D eigenvalue weighted by atomic mass is 10.2. The van der Waals surface area contributed by atoms with Crippen LogP contribution in [0, 0.1) is 6.92 Å². The summed E-state index contributed by atoms with van der Waals surface area (Å²) < 4.78 is 7.01. The predicted molar refractivity (Wildman–Crippen MR) is 84.7 cm³/mol. The average Bonchev–Trinajstić information content (AvgIpc) is 2.95. The van der Waals surface area contributed by atoms with Crippen molar-refractivity contribution in [2.75, 3.05) is 20.2 Å². The normalized spacial score (nSPS) is 10.5. The number of amides is 1. The van der Waals surface area contributed by atoms with Crippen LogP contribution in [0.25, 0.3) is 0 Å². The van der Waals surface area contributed by atoms with Crippen LogP contribution in [0.3, 0.4) is 0 Å². The van der Waals surface area contributed by atoms with Gasteiger partial charge in [0.1, 0.15) is 5.75 Å². The fraction of sp³-hybridized carbons (Fsp3) is 0.375. The Kier molecular flexibility index (Phi) is 5.97. The van der Waals surface area contributed by atoms with Gasteiger partial charge in [-0.3, -0.25) is 9.48 Å². The van der Waals surface area contributed by atoms with Crippen molar-refractivity contribution in [3.8, 4) is 5.75 Å². The first-order valence-electron chi connectivity index (χ1n) is 7.27. The minimum Gasteiger partial charge on any atom is -0.497 e. The number of aromatic nitrogens is 2. The molecule has 0 unspecified atom stereocenters. The third kappa shape index (κ3) is 5.21. The van der Waals surface area contributed by atoms with Crippen LogP contribution >= 0.6 is 0 Å². The summed E-state index contributed by atoms with van der Waals surface area (Å²) in [5.74, 6) is 0.763. The fourth-order valence-corrected chi connectivity index (χ4v) is 2.03. The van der Waals surface area contributed by atoms with Crippen LogP contribution in [-0.4, -0.2) is 35.9 Å². The van der Waals surface area contributed by atoms with E-state index in [4.69, 9.17) is 4.74 Å². The molecular weight excluding hydrogens is 280 g/mol. The maximum atomic E-state index is 11.8. The van der Waals surface area contributed by atoms with Gasteiger partial charge in [0.2, 0.25) is 5.91 Å². The smallest absolute Gasteiger partial charge is 0.234 e. The quantitative estimate of drug-likeness (QED) is 0.717. The second-order valence-corrected chi connectivity index (χ2v) is 5.09. The SMILES string of the molecule is COc1cccc(CNC(=O)CNCCn2cc(C)cn2)c1. The first-order valence-corrected chi connectivity index (χ1v) is 7.27. The maximum absolute atomic E-state index is 11.8. The number of hydrogen-bond acceptors (Lipinski definition) is 4. The molecule has 0 spiro atoms. The van der Waals surface area contributed by atoms with E-state index < -0.39 is 0 Å². The molecule has 6 nitrogen and oxygen atoms in total. The molecule has 1 aromatic heterocycles. The van der Waals surface area contributed by atoms with Gasteiger partial charge in [-0.15, -0.1) is 0 Å². The van der Waals surface area contributed by atoms with Gasteiger partial charge in [0.25, 0.3) is 0 Å². The zero-order valence-corrected chi connectivity index (χ0v) is 13.0. The molecule has 1 aromatic carbocycles. The largest absolute Gasteiger partial charge is 0.497 e. The van der Waals surface area contributed by atoms with Crippen molar-refractivity contribution >= 4 is 5.91 Å². The molecule has 6 heteroatoms. The van der Waals surface area contributed by atoms with Crippen LogP contribution in [0.1, 0.15) is 11.1 Å². The molecule has 0 aliphatic heterocycles. The zero-order chi connectivity index (χ0) is 15.8. The molecule has 1 amide bonds. The van der Waals surface area contributed by atoms with Crippen molar-refractivity contribution < 1.29 is 9.53 Å². The lowest BCUT2D eigenvalue weighted by Gasteiger charge is -2.08. The minimum absolute atomic E-state index is 0.0283. The molecular formula is C16H22N4O2. The van der Waals surface area contributed by atoms with Crippen molar-refractivity contribution in [2.45, 2.75) is 20.0 Å². The van der Waals surface area contributed by atoms with Gasteiger partial charge in [0, 0.05) is 19.3 Å². The first kappa shape index (κ1) is 16.0. The second kappa shape index (κ2) is 8.19. The van der Waals surface area contributed by atoms with Crippen LogP contribution in [-0.2, 0) is 17.9 Å². The molecule has 1 heterocycles. The molecule has 118 valence electrons. The van der Waals surface area contributed by atoms with Gasteiger partial charge >= 0.3 is 0 Å². The van der Waals surface area contributed by atoms with E-state index in [1.54, 1.807) is 7.11 Å². The highest BCUT2D eigenvalue weighted by Gasteiger charge is 2.02. The average molecular weight is 302 g/mol. The molecule has 0 aliphatic carbocycles. The zero-order valence-electron chi connectivity index (χ0n) is 13.0. The molecule has 0 saturated heterocycles. The van der Waals surface area contributed by atoms with E-state index in [-0.39, 0.29) is 5.91 Å². The number of nitrogens with zero attached hydrogens (tertiary/aromatic N) is 2. The van der Waals surface area contributed by atoms with Gasteiger partial charge in [0.05, 0.1) is 26.4 Å². The molecule has 0 atom stereocenters. The van der Waals surface area contributed by atoms with Gasteiger partial charge in [-0.2, -0.15) is 5.10 Å². The van der Waals surface area contributed by atoms with Crippen molar-refractivity contribution in [3.05, 3.63) is 47.8 Å². The summed E-state index contributed by atoms with van der Waals surface area (Å²) in [6.07, 6.45) is 3.80.